The van der Waals surface area contributed by atoms with Gasteiger partial charge >= 0.3 is 0 Å². The molecule has 0 aliphatic rings. The zero-order chi connectivity index (χ0) is 14.6. The van der Waals surface area contributed by atoms with Crippen LogP contribution in [0, 0.1) is 5.82 Å². The summed E-state index contributed by atoms with van der Waals surface area (Å²) in [5.41, 5.74) is 7.17. The van der Waals surface area contributed by atoms with Crippen LogP contribution in [0.5, 0.6) is 0 Å². The lowest BCUT2D eigenvalue weighted by Crippen LogP contribution is -2.26. The molecule has 0 unspecified atom stereocenters. The van der Waals surface area contributed by atoms with E-state index in [1.54, 1.807) is 12.1 Å². The molecule has 0 saturated heterocycles. The lowest BCUT2D eigenvalue weighted by Gasteiger charge is -2.06. The quantitative estimate of drug-likeness (QED) is 0.815. The number of nitrogen functional groups attached to an aromatic ring is 1. The molecule has 0 fully saturated rings. The van der Waals surface area contributed by atoms with Gasteiger partial charge in [0, 0.05) is 18.4 Å². The Morgan fingerprint density at radius 1 is 1.20 bits per heavy atom. The molecule has 0 atom stereocenters. The first kappa shape index (κ1) is 14.4. The van der Waals surface area contributed by atoms with Gasteiger partial charge in [-0.15, -0.1) is 0 Å². The van der Waals surface area contributed by atoms with Crippen LogP contribution in [0.15, 0.2) is 47.6 Å². The zero-order valence-electron chi connectivity index (χ0n) is 10.6. The molecule has 1 aromatic heterocycles. The van der Waals surface area contributed by atoms with E-state index in [1.165, 1.54) is 0 Å². The maximum atomic E-state index is 13.0. The number of pyridine rings is 1. The molecule has 2 aromatic rings. The number of sulfonamides is 1. The Bertz CT molecular complexity index is 687. The molecule has 0 saturated carbocycles. The van der Waals surface area contributed by atoms with Crippen LogP contribution < -0.4 is 10.5 Å². The van der Waals surface area contributed by atoms with Crippen molar-refractivity contribution in [3.8, 4) is 0 Å². The standard InChI is InChI=1S/C13H14FN3O2S/c14-11-7-13(9-16-8-11)20(18,19)17-6-5-10-1-3-12(15)4-2-10/h1-4,7-9,17H,5-6,15H2. The smallest absolute Gasteiger partial charge is 0.242 e. The molecule has 1 aromatic carbocycles. The summed E-state index contributed by atoms with van der Waals surface area (Å²) in [5.74, 6) is -0.689. The highest BCUT2D eigenvalue weighted by atomic mass is 32.2. The Morgan fingerprint density at radius 2 is 1.90 bits per heavy atom. The number of rotatable bonds is 5. The normalized spacial score (nSPS) is 11.4. The van der Waals surface area contributed by atoms with E-state index >= 15 is 0 Å². The van der Waals surface area contributed by atoms with Crippen LogP contribution in [0.1, 0.15) is 5.56 Å². The molecule has 1 heterocycles. The summed E-state index contributed by atoms with van der Waals surface area (Å²) in [6, 6.07) is 8.08. The van der Waals surface area contributed by atoms with Crippen LogP contribution in [0.25, 0.3) is 0 Å². The topological polar surface area (TPSA) is 85.1 Å². The number of nitrogens with zero attached hydrogens (tertiary/aromatic N) is 1. The second kappa shape index (κ2) is 5.98. The third-order valence-corrected chi connectivity index (χ3v) is 4.10. The van der Waals surface area contributed by atoms with E-state index < -0.39 is 15.8 Å². The predicted octanol–water partition coefficient (Wildman–Crippen LogP) is 1.32. The first-order valence-electron chi connectivity index (χ1n) is 5.92. The fourth-order valence-corrected chi connectivity index (χ4v) is 2.64. The fraction of sp³-hybridized carbons (Fsp3) is 0.154. The Morgan fingerprint density at radius 3 is 2.55 bits per heavy atom. The highest BCUT2D eigenvalue weighted by molar-refractivity contribution is 7.89. The van der Waals surface area contributed by atoms with Gasteiger partial charge in [-0.05, 0) is 30.2 Å². The molecule has 5 nitrogen and oxygen atoms in total. The summed E-state index contributed by atoms with van der Waals surface area (Å²) in [6.07, 6.45) is 2.57. The van der Waals surface area contributed by atoms with Crippen molar-refractivity contribution in [3.63, 3.8) is 0 Å². The summed E-state index contributed by atoms with van der Waals surface area (Å²) in [5, 5.41) is 0. The summed E-state index contributed by atoms with van der Waals surface area (Å²) < 4.78 is 39.1. The van der Waals surface area contributed by atoms with Crippen molar-refractivity contribution in [2.24, 2.45) is 0 Å². The number of halogens is 1. The second-order valence-corrected chi connectivity index (χ2v) is 6.00. The van der Waals surface area contributed by atoms with Crippen LogP contribution in [-0.2, 0) is 16.4 Å². The molecule has 0 bridgehead atoms. The zero-order valence-corrected chi connectivity index (χ0v) is 11.4. The van der Waals surface area contributed by atoms with Crippen molar-refractivity contribution in [1.82, 2.24) is 9.71 Å². The summed E-state index contributed by atoms with van der Waals surface area (Å²) in [7, 11) is -3.74. The van der Waals surface area contributed by atoms with Crippen LogP contribution in [0.3, 0.4) is 0 Å². The van der Waals surface area contributed by atoms with E-state index in [1.807, 2.05) is 12.1 Å². The SMILES string of the molecule is Nc1ccc(CCNS(=O)(=O)c2cncc(F)c2)cc1. The van der Waals surface area contributed by atoms with Crippen molar-refractivity contribution < 1.29 is 12.8 Å². The first-order valence-corrected chi connectivity index (χ1v) is 7.40. The van der Waals surface area contributed by atoms with Crippen molar-refractivity contribution in [3.05, 3.63) is 54.1 Å². The van der Waals surface area contributed by atoms with Crippen LogP contribution in [0.2, 0.25) is 0 Å². The minimum Gasteiger partial charge on any atom is -0.399 e. The van der Waals surface area contributed by atoms with Gasteiger partial charge in [0.1, 0.15) is 10.7 Å². The molecule has 0 aliphatic carbocycles. The highest BCUT2D eigenvalue weighted by Gasteiger charge is 2.14. The monoisotopic (exact) mass is 295 g/mol. The maximum absolute atomic E-state index is 13.0. The molecule has 20 heavy (non-hydrogen) atoms. The van der Waals surface area contributed by atoms with Crippen molar-refractivity contribution in [1.29, 1.82) is 0 Å². The molecule has 7 heteroatoms. The van der Waals surface area contributed by atoms with Gasteiger partial charge in [-0.25, -0.2) is 17.5 Å². The van der Waals surface area contributed by atoms with Crippen molar-refractivity contribution >= 4 is 15.7 Å². The number of nitrogens with two attached hydrogens (primary N) is 1. The number of nitrogens with one attached hydrogen (secondary N) is 1. The van der Waals surface area contributed by atoms with E-state index in [9.17, 15) is 12.8 Å². The van der Waals surface area contributed by atoms with Crippen LogP contribution in [-0.4, -0.2) is 19.9 Å². The minimum absolute atomic E-state index is 0.185. The third-order valence-electron chi connectivity index (χ3n) is 2.68. The molecule has 106 valence electrons. The minimum atomic E-state index is -3.74. The lowest BCUT2D eigenvalue weighted by atomic mass is 10.1. The number of aromatic nitrogens is 1. The van der Waals surface area contributed by atoms with Gasteiger partial charge in [-0.2, -0.15) is 0 Å². The number of anilines is 1. The molecule has 0 spiro atoms. The molecule has 3 N–H and O–H groups in total. The molecular formula is C13H14FN3O2S. The van der Waals surface area contributed by atoms with Gasteiger partial charge in [0.2, 0.25) is 10.0 Å². The van der Waals surface area contributed by atoms with Gasteiger partial charge in [0.05, 0.1) is 6.20 Å². The number of hydrogen-bond donors (Lipinski definition) is 2. The fourth-order valence-electron chi connectivity index (χ4n) is 1.64. The molecule has 0 aliphatic heterocycles. The highest BCUT2D eigenvalue weighted by Crippen LogP contribution is 2.09. The lowest BCUT2D eigenvalue weighted by molar-refractivity contribution is 0.576. The van der Waals surface area contributed by atoms with E-state index in [-0.39, 0.29) is 11.4 Å². The van der Waals surface area contributed by atoms with E-state index in [4.69, 9.17) is 5.73 Å². The first-order chi connectivity index (χ1) is 9.47. The van der Waals surface area contributed by atoms with Gasteiger partial charge < -0.3 is 5.73 Å². The average Bonchev–Trinajstić information content (AvgIpc) is 2.41. The van der Waals surface area contributed by atoms with Gasteiger partial charge in [-0.1, -0.05) is 12.1 Å². The Balaban J connectivity index is 1.98. The summed E-state index contributed by atoms with van der Waals surface area (Å²) in [6.45, 7) is 0.211. The predicted molar refractivity (Wildman–Crippen MR) is 73.9 cm³/mol. The Hall–Kier alpha value is -1.99. The van der Waals surface area contributed by atoms with Gasteiger partial charge in [0.25, 0.3) is 0 Å². The van der Waals surface area contributed by atoms with Gasteiger partial charge in [0.15, 0.2) is 0 Å². The van der Waals surface area contributed by atoms with Crippen molar-refractivity contribution in [2.45, 2.75) is 11.3 Å². The van der Waals surface area contributed by atoms with Crippen LogP contribution in [0.4, 0.5) is 10.1 Å². The third kappa shape index (κ3) is 3.75. The van der Waals surface area contributed by atoms with Crippen molar-refractivity contribution in [2.75, 3.05) is 12.3 Å². The molecular weight excluding hydrogens is 281 g/mol. The second-order valence-electron chi connectivity index (χ2n) is 4.23. The summed E-state index contributed by atoms with van der Waals surface area (Å²) in [4.78, 5) is 3.33. The molecule has 0 radical (unpaired) electrons. The maximum Gasteiger partial charge on any atom is 0.242 e. The van der Waals surface area contributed by atoms with E-state index in [0.717, 1.165) is 24.0 Å². The Kier molecular flexibility index (Phi) is 4.31. The number of benzene rings is 1. The summed E-state index contributed by atoms with van der Waals surface area (Å²) >= 11 is 0. The molecule has 2 rings (SSSR count). The van der Waals surface area contributed by atoms with Gasteiger partial charge in [-0.3, -0.25) is 4.98 Å². The molecule has 0 amide bonds. The van der Waals surface area contributed by atoms with E-state index in [2.05, 4.69) is 9.71 Å². The number of hydrogen-bond acceptors (Lipinski definition) is 4. The van der Waals surface area contributed by atoms with Crippen LogP contribution >= 0.6 is 0 Å². The average molecular weight is 295 g/mol. The van der Waals surface area contributed by atoms with E-state index in [0.29, 0.717) is 12.1 Å². The largest absolute Gasteiger partial charge is 0.399 e. The Labute approximate surface area is 116 Å².